The van der Waals surface area contributed by atoms with Crippen molar-refractivity contribution in [3.05, 3.63) is 28.2 Å². The Balaban J connectivity index is 2.53. The maximum Gasteiger partial charge on any atom is 0.0325 e. The molecule has 1 unspecified atom stereocenters. The maximum absolute atomic E-state index is 6.00. The number of rotatable bonds is 0. The molecule has 0 fully saturated rings. The molecule has 0 radical (unpaired) electrons. The number of hydrogen-bond acceptors (Lipinski definition) is 2. The van der Waals surface area contributed by atoms with Gasteiger partial charge in [-0.2, -0.15) is 0 Å². The lowest BCUT2D eigenvalue weighted by Crippen LogP contribution is -2.16. The third kappa shape index (κ3) is 1.41. The van der Waals surface area contributed by atoms with Gasteiger partial charge >= 0.3 is 0 Å². The highest BCUT2D eigenvalue weighted by Crippen LogP contribution is 2.38. The van der Waals surface area contributed by atoms with Crippen LogP contribution in [0.5, 0.6) is 0 Å². The quantitative estimate of drug-likeness (QED) is 0.759. The Kier molecular flexibility index (Phi) is 2.44. The Morgan fingerprint density at radius 1 is 1.50 bits per heavy atom. The predicted octanol–water partition coefficient (Wildman–Crippen LogP) is 2.94. The lowest BCUT2D eigenvalue weighted by Gasteiger charge is -2.22. The summed E-state index contributed by atoms with van der Waals surface area (Å²) in [6, 6.07) is 6.49. The molecule has 64 valence electrons. The lowest BCUT2D eigenvalue weighted by atomic mass is 10.1. The Labute approximate surface area is 84.9 Å². The minimum absolute atomic E-state index is 0.219. The Morgan fingerprint density at radius 2 is 2.33 bits per heavy atom. The van der Waals surface area contributed by atoms with E-state index in [2.05, 4.69) is 34.1 Å². The third-order valence-electron chi connectivity index (χ3n) is 2.07. The molecule has 0 aromatic heterocycles. The number of fused-ring (bicyclic) bond motifs is 1. The van der Waals surface area contributed by atoms with Crippen LogP contribution in [0.4, 0.5) is 0 Å². The van der Waals surface area contributed by atoms with Crippen LogP contribution in [0.1, 0.15) is 18.0 Å². The number of nitrogens with two attached hydrogens (primary N) is 1. The summed E-state index contributed by atoms with van der Waals surface area (Å²) in [4.78, 5) is 1.34. The molecule has 2 N–H and O–H groups in total. The first-order chi connectivity index (χ1) is 5.79. The van der Waals surface area contributed by atoms with Gasteiger partial charge in [-0.05, 0) is 29.9 Å². The molecule has 1 aromatic rings. The smallest absolute Gasteiger partial charge is 0.0325 e. The molecule has 0 aliphatic carbocycles. The summed E-state index contributed by atoms with van der Waals surface area (Å²) in [6.45, 7) is 0. The van der Waals surface area contributed by atoms with Crippen LogP contribution in [-0.4, -0.2) is 5.75 Å². The van der Waals surface area contributed by atoms with E-state index >= 15 is 0 Å². The van der Waals surface area contributed by atoms with Crippen LogP contribution in [0.25, 0.3) is 0 Å². The van der Waals surface area contributed by atoms with E-state index in [1.165, 1.54) is 10.5 Å². The van der Waals surface area contributed by atoms with Crippen molar-refractivity contribution >= 4 is 27.7 Å². The molecule has 1 aliphatic heterocycles. The highest BCUT2D eigenvalue weighted by Gasteiger charge is 2.18. The Morgan fingerprint density at radius 3 is 3.08 bits per heavy atom. The van der Waals surface area contributed by atoms with Crippen LogP contribution in [0.2, 0.25) is 0 Å². The summed E-state index contributed by atoms with van der Waals surface area (Å²) < 4.78 is 1.15. The van der Waals surface area contributed by atoms with Crippen LogP contribution in [-0.2, 0) is 0 Å². The van der Waals surface area contributed by atoms with Crippen LogP contribution < -0.4 is 5.73 Å². The number of halogens is 1. The first-order valence-electron chi connectivity index (χ1n) is 3.96. The van der Waals surface area contributed by atoms with Gasteiger partial charge in [-0.15, -0.1) is 11.8 Å². The number of thioether (sulfide) groups is 1. The van der Waals surface area contributed by atoms with Crippen LogP contribution in [0.15, 0.2) is 27.6 Å². The fraction of sp³-hybridized carbons (Fsp3) is 0.333. The standard InChI is InChI=1S/C9H10BrNS/c10-6-2-1-3-8-9(6)7(11)4-5-12-8/h1-3,7H,4-5,11H2. The molecule has 1 aromatic carbocycles. The van der Waals surface area contributed by atoms with E-state index in [1.807, 2.05) is 11.8 Å². The zero-order valence-corrected chi connectivity index (χ0v) is 8.99. The molecule has 0 amide bonds. The monoisotopic (exact) mass is 243 g/mol. The summed E-state index contributed by atoms with van der Waals surface area (Å²) in [5.41, 5.74) is 7.29. The molecule has 1 heterocycles. The van der Waals surface area contributed by atoms with Gasteiger partial charge in [0, 0.05) is 15.4 Å². The van der Waals surface area contributed by atoms with E-state index in [0.29, 0.717) is 0 Å². The van der Waals surface area contributed by atoms with E-state index in [-0.39, 0.29) is 6.04 Å². The number of hydrogen-bond donors (Lipinski definition) is 1. The summed E-state index contributed by atoms with van der Waals surface area (Å²) in [6.07, 6.45) is 1.08. The molecule has 0 bridgehead atoms. The molecule has 2 rings (SSSR count). The van der Waals surface area contributed by atoms with Gasteiger partial charge < -0.3 is 5.73 Å². The second-order valence-corrected chi connectivity index (χ2v) is 4.89. The van der Waals surface area contributed by atoms with Crippen molar-refractivity contribution in [3.8, 4) is 0 Å². The van der Waals surface area contributed by atoms with Gasteiger partial charge in [0.15, 0.2) is 0 Å². The van der Waals surface area contributed by atoms with Crippen molar-refractivity contribution in [1.82, 2.24) is 0 Å². The average Bonchev–Trinajstić information content (AvgIpc) is 2.04. The van der Waals surface area contributed by atoms with E-state index in [4.69, 9.17) is 5.73 Å². The summed E-state index contributed by atoms with van der Waals surface area (Å²) in [5.74, 6) is 1.14. The van der Waals surface area contributed by atoms with E-state index in [0.717, 1.165) is 16.6 Å². The molecule has 3 heteroatoms. The summed E-state index contributed by atoms with van der Waals surface area (Å²) >= 11 is 5.43. The van der Waals surface area contributed by atoms with Gasteiger partial charge in [-0.25, -0.2) is 0 Å². The predicted molar refractivity (Wildman–Crippen MR) is 56.4 cm³/mol. The average molecular weight is 244 g/mol. The van der Waals surface area contributed by atoms with Gasteiger partial charge in [0.05, 0.1) is 0 Å². The topological polar surface area (TPSA) is 26.0 Å². The van der Waals surface area contributed by atoms with Crippen molar-refractivity contribution in [1.29, 1.82) is 0 Å². The molecular formula is C9H10BrNS. The Hall–Kier alpha value is 0.01000. The molecule has 1 aliphatic rings. The first kappa shape index (κ1) is 8.60. The van der Waals surface area contributed by atoms with Gasteiger partial charge in [-0.1, -0.05) is 22.0 Å². The van der Waals surface area contributed by atoms with E-state index in [1.54, 1.807) is 0 Å². The van der Waals surface area contributed by atoms with Crippen molar-refractivity contribution < 1.29 is 0 Å². The van der Waals surface area contributed by atoms with Crippen LogP contribution in [0.3, 0.4) is 0 Å². The second kappa shape index (κ2) is 3.40. The molecule has 0 saturated heterocycles. The fourth-order valence-corrected chi connectivity index (χ4v) is 3.42. The van der Waals surface area contributed by atoms with E-state index in [9.17, 15) is 0 Å². The van der Waals surface area contributed by atoms with Gasteiger partial charge in [0.1, 0.15) is 0 Å². The van der Waals surface area contributed by atoms with Gasteiger partial charge in [0.25, 0.3) is 0 Å². The van der Waals surface area contributed by atoms with Crippen molar-refractivity contribution in [2.75, 3.05) is 5.75 Å². The first-order valence-corrected chi connectivity index (χ1v) is 5.73. The van der Waals surface area contributed by atoms with Crippen LogP contribution in [0, 0.1) is 0 Å². The van der Waals surface area contributed by atoms with Gasteiger partial charge in [-0.3, -0.25) is 0 Å². The molecule has 1 atom stereocenters. The number of benzene rings is 1. The van der Waals surface area contributed by atoms with Crippen molar-refractivity contribution in [2.24, 2.45) is 5.73 Å². The molecule has 0 saturated carbocycles. The van der Waals surface area contributed by atoms with Crippen molar-refractivity contribution in [3.63, 3.8) is 0 Å². The Bertz CT molecular complexity index is 301. The second-order valence-electron chi connectivity index (χ2n) is 2.90. The maximum atomic E-state index is 6.00. The molecule has 12 heavy (non-hydrogen) atoms. The lowest BCUT2D eigenvalue weighted by molar-refractivity contribution is 0.677. The minimum Gasteiger partial charge on any atom is -0.324 e. The minimum atomic E-state index is 0.219. The molecule has 1 nitrogen and oxygen atoms in total. The SMILES string of the molecule is NC1CCSc2cccc(Br)c21. The van der Waals surface area contributed by atoms with Crippen molar-refractivity contribution in [2.45, 2.75) is 17.4 Å². The zero-order chi connectivity index (χ0) is 8.55. The molecule has 0 spiro atoms. The highest BCUT2D eigenvalue weighted by molar-refractivity contribution is 9.10. The highest BCUT2D eigenvalue weighted by atomic mass is 79.9. The summed E-state index contributed by atoms with van der Waals surface area (Å²) in [7, 11) is 0. The fourth-order valence-electron chi connectivity index (χ4n) is 1.44. The largest absolute Gasteiger partial charge is 0.324 e. The normalized spacial score (nSPS) is 22.0. The summed E-state index contributed by atoms with van der Waals surface area (Å²) in [5, 5.41) is 0. The van der Waals surface area contributed by atoms with Gasteiger partial charge in [0.2, 0.25) is 0 Å². The molecular weight excluding hydrogens is 234 g/mol. The zero-order valence-electron chi connectivity index (χ0n) is 6.59. The van der Waals surface area contributed by atoms with Crippen LogP contribution >= 0.6 is 27.7 Å². The van der Waals surface area contributed by atoms with E-state index < -0.39 is 0 Å². The third-order valence-corrected chi connectivity index (χ3v) is 3.87.